The van der Waals surface area contributed by atoms with Gasteiger partial charge in [-0.25, -0.2) is 0 Å². The molecule has 1 aromatic rings. The Balaban J connectivity index is 2.88. The maximum absolute atomic E-state index is 11.3. The Morgan fingerprint density at radius 3 is 2.85 bits per heavy atom. The van der Waals surface area contributed by atoms with Crippen molar-refractivity contribution in [3.8, 4) is 0 Å². The normalized spacial score (nSPS) is 9.38. The molecule has 0 amide bonds. The first-order valence-electron chi connectivity index (χ1n) is 3.14. The van der Waals surface area contributed by atoms with Crippen molar-refractivity contribution in [3.05, 3.63) is 29.6 Å². The molecule has 0 unspecified atom stereocenters. The van der Waals surface area contributed by atoms with Crippen LogP contribution in [0.4, 0.5) is 0 Å². The summed E-state index contributed by atoms with van der Waals surface area (Å²) in [7, 11) is 0. The standard InChI is InChI=1S/C6H3Br2N3OS/c7-5-1-3(6(8)13-5)4(12)2-10-11-9/h1H,2H2. The summed E-state index contributed by atoms with van der Waals surface area (Å²) in [5.74, 6) is -0.188. The fourth-order valence-electron chi connectivity index (χ4n) is 0.711. The van der Waals surface area contributed by atoms with Gasteiger partial charge in [-0.15, -0.1) is 11.3 Å². The largest absolute Gasteiger partial charge is 0.294 e. The van der Waals surface area contributed by atoms with E-state index in [1.807, 2.05) is 0 Å². The summed E-state index contributed by atoms with van der Waals surface area (Å²) in [6.07, 6.45) is 0. The lowest BCUT2D eigenvalue weighted by Gasteiger charge is -1.91. The summed E-state index contributed by atoms with van der Waals surface area (Å²) >= 11 is 7.90. The van der Waals surface area contributed by atoms with E-state index in [0.717, 1.165) is 7.57 Å². The number of hydrogen-bond donors (Lipinski definition) is 0. The van der Waals surface area contributed by atoms with E-state index < -0.39 is 0 Å². The third kappa shape index (κ3) is 2.80. The fraction of sp³-hybridized carbons (Fsp3) is 0.167. The van der Waals surface area contributed by atoms with E-state index in [1.54, 1.807) is 6.07 Å². The van der Waals surface area contributed by atoms with Crippen molar-refractivity contribution in [1.82, 2.24) is 0 Å². The van der Waals surface area contributed by atoms with Gasteiger partial charge in [0.1, 0.15) is 0 Å². The fourth-order valence-corrected chi connectivity index (χ4v) is 3.57. The molecule has 0 N–H and O–H groups in total. The first-order chi connectivity index (χ1) is 6.15. The number of azide groups is 1. The van der Waals surface area contributed by atoms with Gasteiger partial charge in [0.25, 0.3) is 0 Å². The molecule has 13 heavy (non-hydrogen) atoms. The first kappa shape index (κ1) is 10.7. The van der Waals surface area contributed by atoms with E-state index >= 15 is 0 Å². The monoisotopic (exact) mass is 323 g/mol. The molecule has 0 spiro atoms. The number of carbonyl (C=O) groups is 1. The number of carbonyl (C=O) groups excluding carboxylic acids is 1. The van der Waals surface area contributed by atoms with Crippen molar-refractivity contribution in [2.45, 2.75) is 0 Å². The smallest absolute Gasteiger partial charge is 0.170 e. The molecule has 7 heteroatoms. The zero-order valence-electron chi connectivity index (χ0n) is 6.20. The molecular formula is C6H3Br2N3OS. The van der Waals surface area contributed by atoms with Crippen LogP contribution in [0.15, 0.2) is 18.8 Å². The van der Waals surface area contributed by atoms with Crippen LogP contribution in [0.25, 0.3) is 10.4 Å². The molecule has 0 fully saturated rings. The number of ketones is 1. The Bertz CT molecular complexity index is 383. The van der Waals surface area contributed by atoms with Gasteiger partial charge in [0.2, 0.25) is 0 Å². The van der Waals surface area contributed by atoms with Gasteiger partial charge in [-0.2, -0.15) is 0 Å². The highest BCUT2D eigenvalue weighted by Crippen LogP contribution is 2.32. The molecule has 0 aromatic carbocycles. The molecule has 1 aromatic heterocycles. The highest BCUT2D eigenvalue weighted by Gasteiger charge is 2.12. The first-order valence-corrected chi connectivity index (χ1v) is 5.54. The second-order valence-corrected chi connectivity index (χ2v) is 5.80. The third-order valence-corrected chi connectivity index (χ3v) is 3.57. The quantitative estimate of drug-likeness (QED) is 0.361. The zero-order chi connectivity index (χ0) is 9.84. The number of rotatable bonds is 3. The maximum atomic E-state index is 11.3. The Kier molecular flexibility index (Phi) is 3.92. The number of Topliss-reactive ketones (excluding diaryl/α,β-unsaturated/α-hetero) is 1. The van der Waals surface area contributed by atoms with Crippen LogP contribution in [0, 0.1) is 0 Å². The second kappa shape index (κ2) is 4.76. The van der Waals surface area contributed by atoms with Gasteiger partial charge >= 0.3 is 0 Å². The molecule has 1 heterocycles. The van der Waals surface area contributed by atoms with Gasteiger partial charge in [0.05, 0.1) is 14.1 Å². The van der Waals surface area contributed by atoms with Crippen LogP contribution in [0.5, 0.6) is 0 Å². The zero-order valence-corrected chi connectivity index (χ0v) is 10.2. The minimum atomic E-state index is -0.188. The summed E-state index contributed by atoms with van der Waals surface area (Å²) in [6, 6.07) is 1.70. The van der Waals surface area contributed by atoms with E-state index in [1.165, 1.54) is 11.3 Å². The molecule has 0 radical (unpaired) electrons. The topological polar surface area (TPSA) is 65.8 Å². The van der Waals surface area contributed by atoms with Crippen molar-refractivity contribution < 1.29 is 4.79 Å². The minimum Gasteiger partial charge on any atom is -0.294 e. The van der Waals surface area contributed by atoms with Crippen molar-refractivity contribution in [1.29, 1.82) is 0 Å². The molecule has 0 aliphatic heterocycles. The molecule has 0 aliphatic rings. The van der Waals surface area contributed by atoms with Gasteiger partial charge in [-0.1, -0.05) is 5.11 Å². The Morgan fingerprint density at radius 1 is 1.69 bits per heavy atom. The predicted molar refractivity (Wildman–Crippen MR) is 58.1 cm³/mol. The van der Waals surface area contributed by atoms with E-state index in [2.05, 4.69) is 41.9 Å². The van der Waals surface area contributed by atoms with Crippen LogP contribution in [-0.4, -0.2) is 12.3 Å². The van der Waals surface area contributed by atoms with Crippen molar-refractivity contribution in [3.63, 3.8) is 0 Å². The second-order valence-electron chi connectivity index (χ2n) is 2.05. The summed E-state index contributed by atoms with van der Waals surface area (Å²) in [4.78, 5) is 13.8. The van der Waals surface area contributed by atoms with Crippen LogP contribution in [-0.2, 0) is 0 Å². The number of thiophene rings is 1. The molecular weight excluding hydrogens is 322 g/mol. The van der Waals surface area contributed by atoms with Gasteiger partial charge in [-0.05, 0) is 43.5 Å². The Labute approximate surface area is 94.8 Å². The minimum absolute atomic E-state index is 0.141. The van der Waals surface area contributed by atoms with E-state index in [0.29, 0.717) is 5.56 Å². The van der Waals surface area contributed by atoms with Crippen LogP contribution in [0.3, 0.4) is 0 Å². The van der Waals surface area contributed by atoms with Gasteiger partial charge < -0.3 is 0 Å². The molecule has 0 aliphatic carbocycles. The number of nitrogens with zero attached hydrogens (tertiary/aromatic N) is 3. The number of halogens is 2. The summed E-state index contributed by atoms with van der Waals surface area (Å²) in [5.41, 5.74) is 8.57. The lowest BCUT2D eigenvalue weighted by atomic mass is 10.2. The predicted octanol–water partition coefficient (Wildman–Crippen LogP) is 3.77. The van der Waals surface area contributed by atoms with Crippen LogP contribution in [0.2, 0.25) is 0 Å². The molecule has 0 bridgehead atoms. The van der Waals surface area contributed by atoms with Gasteiger partial charge in [-0.3, -0.25) is 4.79 Å². The van der Waals surface area contributed by atoms with E-state index in [9.17, 15) is 4.79 Å². The van der Waals surface area contributed by atoms with E-state index in [-0.39, 0.29) is 12.3 Å². The van der Waals surface area contributed by atoms with E-state index in [4.69, 9.17) is 5.53 Å². The van der Waals surface area contributed by atoms with Crippen molar-refractivity contribution in [2.75, 3.05) is 6.54 Å². The highest BCUT2D eigenvalue weighted by molar-refractivity contribution is 9.12. The van der Waals surface area contributed by atoms with Crippen molar-refractivity contribution >= 4 is 49.0 Å². The lowest BCUT2D eigenvalue weighted by molar-refractivity contribution is 0.100. The highest BCUT2D eigenvalue weighted by atomic mass is 79.9. The Hall–Kier alpha value is -0.360. The lowest BCUT2D eigenvalue weighted by Crippen LogP contribution is -2.01. The third-order valence-electron chi connectivity index (χ3n) is 1.23. The SMILES string of the molecule is [N-]=[N+]=NCC(=O)c1cc(Br)sc1Br. The number of hydrogen-bond acceptors (Lipinski definition) is 3. The molecule has 68 valence electrons. The van der Waals surface area contributed by atoms with Crippen LogP contribution >= 0.6 is 43.2 Å². The van der Waals surface area contributed by atoms with Gasteiger partial charge in [0.15, 0.2) is 5.78 Å². The summed E-state index contributed by atoms with van der Waals surface area (Å²) in [6.45, 7) is -0.141. The average molecular weight is 325 g/mol. The summed E-state index contributed by atoms with van der Waals surface area (Å²) < 4.78 is 1.61. The van der Waals surface area contributed by atoms with Crippen LogP contribution < -0.4 is 0 Å². The average Bonchev–Trinajstić information content (AvgIpc) is 2.41. The molecule has 1 rings (SSSR count). The molecule has 4 nitrogen and oxygen atoms in total. The molecule has 0 atom stereocenters. The van der Waals surface area contributed by atoms with Gasteiger partial charge in [0, 0.05) is 10.5 Å². The maximum Gasteiger partial charge on any atom is 0.170 e. The molecule has 0 saturated heterocycles. The Morgan fingerprint density at radius 2 is 2.38 bits per heavy atom. The molecule has 0 saturated carbocycles. The summed E-state index contributed by atoms with van der Waals surface area (Å²) in [5, 5.41) is 3.20. The van der Waals surface area contributed by atoms with Crippen LogP contribution in [0.1, 0.15) is 10.4 Å². The van der Waals surface area contributed by atoms with Crippen molar-refractivity contribution in [2.24, 2.45) is 5.11 Å².